The van der Waals surface area contributed by atoms with Crippen LogP contribution in [0.3, 0.4) is 0 Å². The van der Waals surface area contributed by atoms with Crippen molar-refractivity contribution in [1.82, 2.24) is 0 Å². The molecule has 4 heteroatoms. The van der Waals surface area contributed by atoms with Gasteiger partial charge in [-0.25, -0.2) is 5.01 Å². The molecule has 0 radical (unpaired) electrons. The van der Waals surface area contributed by atoms with Crippen LogP contribution in [0.4, 0.5) is 11.4 Å². The van der Waals surface area contributed by atoms with Gasteiger partial charge >= 0.3 is 0 Å². The monoisotopic (exact) mass is 610 g/mol. The zero-order valence-electron chi connectivity index (χ0n) is 25.8. The summed E-state index contributed by atoms with van der Waals surface area (Å²) in [5.41, 5.74) is 5.19. The van der Waals surface area contributed by atoms with Crippen LogP contribution in [0.25, 0.3) is 5.57 Å². The van der Waals surface area contributed by atoms with Gasteiger partial charge in [0.2, 0.25) is 0 Å². The highest BCUT2D eigenvalue weighted by molar-refractivity contribution is 5.81. The van der Waals surface area contributed by atoms with E-state index in [-0.39, 0.29) is 0 Å². The van der Waals surface area contributed by atoms with Crippen LogP contribution in [-0.4, -0.2) is 6.21 Å². The van der Waals surface area contributed by atoms with E-state index < -0.39 is 0 Å². The van der Waals surface area contributed by atoms with Crippen molar-refractivity contribution in [3.8, 4) is 23.0 Å². The van der Waals surface area contributed by atoms with Crippen molar-refractivity contribution in [2.24, 2.45) is 5.10 Å². The number of para-hydroxylation sites is 4. The third-order valence-corrected chi connectivity index (χ3v) is 7.15. The van der Waals surface area contributed by atoms with Gasteiger partial charge in [-0.15, -0.1) is 0 Å². The van der Waals surface area contributed by atoms with Crippen molar-refractivity contribution in [1.29, 1.82) is 0 Å². The van der Waals surface area contributed by atoms with Crippen LogP contribution < -0.4 is 14.5 Å². The van der Waals surface area contributed by atoms with Crippen molar-refractivity contribution in [2.45, 2.75) is 0 Å². The molecule has 47 heavy (non-hydrogen) atoms. The van der Waals surface area contributed by atoms with E-state index in [9.17, 15) is 0 Å². The minimum atomic E-state index is 0.781. The Hall–Kier alpha value is -6.39. The van der Waals surface area contributed by atoms with Crippen molar-refractivity contribution in [3.63, 3.8) is 0 Å². The van der Waals surface area contributed by atoms with Gasteiger partial charge < -0.3 is 9.47 Å². The Morgan fingerprint density at radius 3 is 1.23 bits per heavy atom. The number of hydrogen-bond donors (Lipinski definition) is 0. The Kier molecular flexibility index (Phi) is 10.5. The summed E-state index contributed by atoms with van der Waals surface area (Å²) in [7, 11) is 0. The highest BCUT2D eigenvalue weighted by Crippen LogP contribution is 2.30. The molecule has 0 aliphatic heterocycles. The summed E-state index contributed by atoms with van der Waals surface area (Å²) in [6.45, 7) is 0. The second-order valence-corrected chi connectivity index (χ2v) is 10.5. The van der Waals surface area contributed by atoms with Crippen LogP contribution in [-0.2, 0) is 0 Å². The summed E-state index contributed by atoms with van der Waals surface area (Å²) in [5.74, 6) is 3.17. The lowest BCUT2D eigenvalue weighted by molar-refractivity contribution is 0.482. The Balaban J connectivity index is 1.20. The SMILES string of the molecule is C(C=CC=C(c1ccc(Oc2ccccc2)cc1)c1ccc(Oc2ccccc2)cc1)=CC=NN(c1ccccc1)c1ccccc1. The molecule has 0 fully saturated rings. The minimum absolute atomic E-state index is 0.781. The molecular weight excluding hydrogens is 576 g/mol. The molecule has 0 aromatic heterocycles. The maximum Gasteiger partial charge on any atom is 0.127 e. The molecule has 0 aliphatic carbocycles. The molecule has 0 spiro atoms. The lowest BCUT2D eigenvalue weighted by Gasteiger charge is -2.18. The second-order valence-electron chi connectivity index (χ2n) is 10.5. The number of allylic oxidation sites excluding steroid dienone is 5. The van der Waals surface area contributed by atoms with Gasteiger partial charge in [0.25, 0.3) is 0 Å². The topological polar surface area (TPSA) is 34.1 Å². The van der Waals surface area contributed by atoms with E-state index in [1.807, 2.05) is 175 Å². The standard InChI is InChI=1S/C43H34N2O2/c1(2-16-34-44-45(37-17-7-3-8-18-37)38-19-9-4-10-20-38)15-25-43(35-26-30-41(31-27-35)46-39-21-11-5-12-22-39)36-28-32-42(33-29-36)47-40-23-13-6-14-24-40/h1-34H. The molecule has 0 saturated carbocycles. The van der Waals surface area contributed by atoms with Crippen LogP contribution in [0.2, 0.25) is 0 Å². The molecule has 0 N–H and O–H groups in total. The molecule has 4 nitrogen and oxygen atoms in total. The fourth-order valence-corrected chi connectivity index (χ4v) is 4.87. The van der Waals surface area contributed by atoms with Crippen LogP contribution in [0, 0.1) is 0 Å². The van der Waals surface area contributed by atoms with E-state index in [4.69, 9.17) is 14.6 Å². The van der Waals surface area contributed by atoms with E-state index >= 15 is 0 Å². The first-order valence-electron chi connectivity index (χ1n) is 15.5. The largest absolute Gasteiger partial charge is 0.457 e. The van der Waals surface area contributed by atoms with E-state index in [2.05, 4.69) is 30.3 Å². The smallest absolute Gasteiger partial charge is 0.127 e. The summed E-state index contributed by atoms with van der Waals surface area (Å²) < 4.78 is 12.1. The van der Waals surface area contributed by atoms with Gasteiger partial charge in [-0.1, -0.05) is 121 Å². The number of hydrazone groups is 1. The van der Waals surface area contributed by atoms with Gasteiger partial charge in [0, 0.05) is 6.21 Å². The van der Waals surface area contributed by atoms with Gasteiger partial charge in [0.05, 0.1) is 11.4 Å². The Labute approximate surface area is 276 Å². The average molecular weight is 611 g/mol. The lowest BCUT2D eigenvalue weighted by Crippen LogP contribution is -2.08. The number of anilines is 2. The summed E-state index contributed by atoms with van der Waals surface area (Å²) in [6, 6.07) is 56.1. The van der Waals surface area contributed by atoms with Gasteiger partial charge in [-0.3, -0.25) is 0 Å². The maximum atomic E-state index is 6.03. The second kappa shape index (κ2) is 16.1. The van der Waals surface area contributed by atoms with Gasteiger partial charge in [-0.2, -0.15) is 5.10 Å². The molecule has 6 aromatic carbocycles. The van der Waals surface area contributed by atoms with Crippen molar-refractivity contribution in [2.75, 3.05) is 5.01 Å². The quantitative estimate of drug-likeness (QED) is 0.0785. The predicted octanol–water partition coefficient (Wildman–Crippen LogP) is 11.6. The maximum absolute atomic E-state index is 6.03. The van der Waals surface area contributed by atoms with Gasteiger partial charge in [-0.05, 0) is 95.6 Å². The van der Waals surface area contributed by atoms with Crippen molar-refractivity contribution >= 4 is 23.2 Å². The van der Waals surface area contributed by atoms with Crippen molar-refractivity contribution in [3.05, 3.63) is 211 Å². The van der Waals surface area contributed by atoms with E-state index in [0.717, 1.165) is 51.1 Å². The summed E-state index contributed by atoms with van der Waals surface area (Å²) in [4.78, 5) is 0. The van der Waals surface area contributed by atoms with E-state index in [0.29, 0.717) is 0 Å². The summed E-state index contributed by atoms with van der Waals surface area (Å²) in [6.07, 6.45) is 11.8. The van der Waals surface area contributed by atoms with Crippen LogP contribution in [0.15, 0.2) is 205 Å². The predicted molar refractivity (Wildman–Crippen MR) is 195 cm³/mol. The highest BCUT2D eigenvalue weighted by Gasteiger charge is 2.08. The third kappa shape index (κ3) is 8.84. The van der Waals surface area contributed by atoms with Crippen LogP contribution in [0.5, 0.6) is 23.0 Å². The first-order chi connectivity index (χ1) is 23.3. The molecule has 0 saturated heterocycles. The van der Waals surface area contributed by atoms with Crippen LogP contribution >= 0.6 is 0 Å². The first-order valence-corrected chi connectivity index (χ1v) is 15.5. The summed E-state index contributed by atoms with van der Waals surface area (Å²) >= 11 is 0. The lowest BCUT2D eigenvalue weighted by atomic mass is 9.97. The normalized spacial score (nSPS) is 11.1. The van der Waals surface area contributed by atoms with Gasteiger partial charge in [0.15, 0.2) is 0 Å². The zero-order valence-corrected chi connectivity index (χ0v) is 25.8. The first kappa shape index (κ1) is 30.6. The van der Waals surface area contributed by atoms with E-state index in [1.54, 1.807) is 6.21 Å². The molecule has 0 heterocycles. The molecule has 6 rings (SSSR count). The Morgan fingerprint density at radius 1 is 0.404 bits per heavy atom. The fraction of sp³-hybridized carbons (Fsp3) is 0. The third-order valence-electron chi connectivity index (χ3n) is 7.15. The van der Waals surface area contributed by atoms with Crippen LogP contribution in [0.1, 0.15) is 11.1 Å². The molecule has 0 atom stereocenters. The number of benzene rings is 6. The molecule has 0 bridgehead atoms. The molecule has 228 valence electrons. The Bertz CT molecular complexity index is 1810. The number of nitrogens with zero attached hydrogens (tertiary/aromatic N) is 2. The molecule has 0 unspecified atom stereocenters. The number of hydrogen-bond acceptors (Lipinski definition) is 4. The molecular formula is C43H34N2O2. The molecule has 6 aromatic rings. The fourth-order valence-electron chi connectivity index (χ4n) is 4.87. The molecule has 0 aliphatic rings. The Morgan fingerprint density at radius 2 is 0.787 bits per heavy atom. The zero-order chi connectivity index (χ0) is 31.9. The number of ether oxygens (including phenoxy) is 2. The van der Waals surface area contributed by atoms with Crippen molar-refractivity contribution < 1.29 is 9.47 Å². The number of rotatable bonds is 12. The molecule has 0 amide bonds. The van der Waals surface area contributed by atoms with E-state index in [1.165, 1.54) is 0 Å². The highest BCUT2D eigenvalue weighted by atomic mass is 16.5. The summed E-state index contributed by atoms with van der Waals surface area (Å²) in [5, 5.41) is 6.64. The minimum Gasteiger partial charge on any atom is -0.457 e. The van der Waals surface area contributed by atoms with Gasteiger partial charge in [0.1, 0.15) is 23.0 Å². The average Bonchev–Trinajstić information content (AvgIpc) is 3.14.